The van der Waals surface area contributed by atoms with Crippen molar-refractivity contribution in [3.63, 3.8) is 0 Å². The minimum atomic E-state index is -0.215. The summed E-state index contributed by atoms with van der Waals surface area (Å²) >= 11 is 0. The Labute approximate surface area is 659 Å². The highest BCUT2D eigenvalue weighted by atomic mass is 16.6. The minimum absolute atomic E-state index is 0.201. The Hall–Kier alpha value is -3.34. The molecule has 0 saturated carbocycles. The molecule has 1 heterocycles. The first-order valence-electron chi connectivity index (χ1n) is 46.3. The summed E-state index contributed by atoms with van der Waals surface area (Å²) in [7, 11) is 0. The van der Waals surface area contributed by atoms with Gasteiger partial charge in [0.1, 0.15) is 13.2 Å². The molecule has 1 saturated heterocycles. The molecule has 107 heavy (non-hydrogen) atoms. The SMILES string of the molecule is CCCCCCCCCCCCCCCCCOC(=O)CCN(CCCCC(=O)OCCN1CC(C)N(CCOC(=O)CCCCN(CCC(=O)OCCCCCCCCCCCCCC)CCC(=O)OCCCCCCCCCCCCCC)CC1C)CCC(=O)OCCCCCCCCCCCCCC. The number of carbonyl (C=O) groups excluding carboxylic acids is 6. The fraction of sp³-hybridized carbons (Fsp3) is 0.934. The maximum atomic E-state index is 13.0. The molecule has 2 unspecified atom stereocenters. The van der Waals surface area contributed by atoms with E-state index < -0.39 is 0 Å². The van der Waals surface area contributed by atoms with Gasteiger partial charge in [0.15, 0.2) is 0 Å². The summed E-state index contributed by atoms with van der Waals surface area (Å²) in [5.74, 6) is -1.24. The summed E-state index contributed by atoms with van der Waals surface area (Å²) in [6.07, 6.45) is 69.1. The molecule has 0 amide bonds. The van der Waals surface area contributed by atoms with Crippen LogP contribution in [0, 0.1) is 0 Å². The van der Waals surface area contributed by atoms with E-state index in [9.17, 15) is 28.8 Å². The fourth-order valence-electron chi connectivity index (χ4n) is 14.8. The van der Waals surface area contributed by atoms with Gasteiger partial charge in [0, 0.05) is 77.3 Å². The third kappa shape index (κ3) is 70.3. The summed E-state index contributed by atoms with van der Waals surface area (Å²) < 4.78 is 34.1. The van der Waals surface area contributed by atoms with Crippen molar-refractivity contribution < 1.29 is 57.2 Å². The molecule has 0 radical (unpaired) electrons. The van der Waals surface area contributed by atoms with E-state index in [0.29, 0.717) is 118 Å². The van der Waals surface area contributed by atoms with Crippen molar-refractivity contribution in [1.29, 1.82) is 0 Å². The number of hydrogen-bond donors (Lipinski definition) is 0. The second-order valence-electron chi connectivity index (χ2n) is 32.2. The molecule has 0 aromatic rings. The van der Waals surface area contributed by atoms with Gasteiger partial charge in [-0.1, -0.05) is 329 Å². The molecule has 0 N–H and O–H groups in total. The van der Waals surface area contributed by atoms with Crippen LogP contribution in [0.4, 0.5) is 0 Å². The molecule has 0 spiro atoms. The van der Waals surface area contributed by atoms with Gasteiger partial charge < -0.3 is 38.2 Å². The maximum Gasteiger partial charge on any atom is 0.307 e. The Balaban J connectivity index is 2.52. The number of piperazine rings is 1. The van der Waals surface area contributed by atoms with Crippen molar-refractivity contribution in [3.8, 4) is 0 Å². The van der Waals surface area contributed by atoms with Crippen LogP contribution in [0.15, 0.2) is 0 Å². The molecule has 1 fully saturated rings. The number of rotatable bonds is 83. The van der Waals surface area contributed by atoms with Gasteiger partial charge >= 0.3 is 35.8 Å². The fourth-order valence-corrected chi connectivity index (χ4v) is 14.8. The average molecular weight is 1520 g/mol. The summed E-state index contributed by atoms with van der Waals surface area (Å²) in [4.78, 5) is 86.6. The van der Waals surface area contributed by atoms with Gasteiger partial charge in [-0.25, -0.2) is 0 Å². The zero-order valence-corrected chi connectivity index (χ0v) is 71.3. The van der Waals surface area contributed by atoms with Gasteiger partial charge in [-0.05, 0) is 78.3 Å². The van der Waals surface area contributed by atoms with E-state index in [1.165, 1.54) is 276 Å². The van der Waals surface area contributed by atoms with Crippen LogP contribution in [-0.2, 0) is 57.2 Å². The molecule has 2 atom stereocenters. The van der Waals surface area contributed by atoms with Crippen molar-refractivity contribution in [3.05, 3.63) is 0 Å². The molecule has 0 aromatic heterocycles. The van der Waals surface area contributed by atoms with E-state index in [-0.39, 0.29) is 73.6 Å². The van der Waals surface area contributed by atoms with Crippen LogP contribution in [0.5, 0.6) is 0 Å². The predicted octanol–water partition coefficient (Wildman–Crippen LogP) is 23.1. The van der Waals surface area contributed by atoms with Gasteiger partial charge in [-0.15, -0.1) is 0 Å². The van der Waals surface area contributed by atoms with Gasteiger partial charge in [0.25, 0.3) is 0 Å². The van der Waals surface area contributed by atoms with Gasteiger partial charge in [0.2, 0.25) is 0 Å². The van der Waals surface area contributed by atoms with Gasteiger partial charge in [-0.2, -0.15) is 0 Å². The lowest BCUT2D eigenvalue weighted by Gasteiger charge is -2.44. The number of unbranched alkanes of at least 4 members (excludes halogenated alkanes) is 49. The highest BCUT2D eigenvalue weighted by Crippen LogP contribution is 2.20. The topological polar surface area (TPSA) is 171 Å². The van der Waals surface area contributed by atoms with Gasteiger partial charge in [-0.3, -0.25) is 38.6 Å². The molecule has 0 aliphatic carbocycles. The average Bonchev–Trinajstić information content (AvgIpc) is 0.847. The second-order valence-corrected chi connectivity index (χ2v) is 32.2. The molecule has 0 aromatic carbocycles. The molecule has 1 aliphatic rings. The standard InChI is InChI=1S/C91H174N4O12/c1-7-11-15-19-23-27-31-35-36-37-41-45-49-53-61-79-105-91(101)67-73-93(72-66-90(100)104-78-60-52-48-44-40-34-30-26-22-18-14-10-4)69-57-55-63-87(97)107-81-75-95-83-84(5)94(82-85(95)6)74-80-106-86(96)62-54-56-68-92(70-64-88(98)102-76-58-50-46-42-38-32-28-24-20-16-12-8-2)71-65-89(99)103-77-59-51-47-43-39-33-29-25-21-17-13-9-3/h84-85H,7-83H2,1-6H3. The van der Waals surface area contributed by atoms with Crippen LogP contribution >= 0.6 is 0 Å². The van der Waals surface area contributed by atoms with Gasteiger partial charge in [0.05, 0.1) is 52.1 Å². The lowest BCUT2D eigenvalue weighted by molar-refractivity contribution is -0.146. The number of hydrogen-bond acceptors (Lipinski definition) is 16. The third-order valence-electron chi connectivity index (χ3n) is 22.1. The largest absolute Gasteiger partial charge is 0.466 e. The molecule has 16 heteroatoms. The molecule has 1 aliphatic heterocycles. The normalized spacial score (nSPS) is 14.1. The Kier molecular flexibility index (Phi) is 75.4. The van der Waals surface area contributed by atoms with Crippen molar-refractivity contribution >= 4 is 35.8 Å². The maximum absolute atomic E-state index is 13.0. The van der Waals surface area contributed by atoms with Crippen molar-refractivity contribution in [2.75, 3.05) is 105 Å². The zero-order valence-electron chi connectivity index (χ0n) is 71.3. The van der Waals surface area contributed by atoms with E-state index in [1.807, 2.05) is 0 Å². The highest BCUT2D eigenvalue weighted by Gasteiger charge is 2.29. The summed E-state index contributed by atoms with van der Waals surface area (Å²) in [5.41, 5.74) is 0. The molecule has 16 nitrogen and oxygen atoms in total. The zero-order chi connectivity index (χ0) is 77.6. The summed E-state index contributed by atoms with van der Waals surface area (Å²) in [6, 6.07) is 0.462. The minimum Gasteiger partial charge on any atom is -0.466 e. The van der Waals surface area contributed by atoms with E-state index >= 15 is 0 Å². The number of carbonyl (C=O) groups is 6. The monoisotopic (exact) mass is 1520 g/mol. The van der Waals surface area contributed by atoms with Crippen molar-refractivity contribution in [2.24, 2.45) is 0 Å². The molecule has 0 bridgehead atoms. The van der Waals surface area contributed by atoms with E-state index in [1.54, 1.807) is 0 Å². The quantitative estimate of drug-likeness (QED) is 0.0320. The summed E-state index contributed by atoms with van der Waals surface area (Å²) in [5, 5.41) is 0. The van der Waals surface area contributed by atoms with Crippen LogP contribution in [0.3, 0.4) is 0 Å². The smallest absolute Gasteiger partial charge is 0.307 e. The van der Waals surface area contributed by atoms with Crippen LogP contribution in [-0.4, -0.2) is 173 Å². The third-order valence-corrected chi connectivity index (χ3v) is 22.1. The Bertz CT molecular complexity index is 1940. The van der Waals surface area contributed by atoms with Crippen LogP contribution < -0.4 is 0 Å². The van der Waals surface area contributed by atoms with Crippen LogP contribution in [0.25, 0.3) is 0 Å². The second kappa shape index (κ2) is 79.3. The number of esters is 6. The lowest BCUT2D eigenvalue weighted by atomic mass is 10.0. The highest BCUT2D eigenvalue weighted by molar-refractivity contribution is 5.71. The first-order valence-corrected chi connectivity index (χ1v) is 46.3. The molecular formula is C91H174N4O12. The Morgan fingerprint density at radius 2 is 0.402 bits per heavy atom. The first kappa shape index (κ1) is 102. The van der Waals surface area contributed by atoms with E-state index in [4.69, 9.17) is 28.4 Å². The Morgan fingerprint density at radius 3 is 0.607 bits per heavy atom. The number of nitrogens with zero attached hydrogens (tertiary/aromatic N) is 4. The van der Waals surface area contributed by atoms with Crippen LogP contribution in [0.1, 0.15) is 433 Å². The molecular weight excluding hydrogens is 1340 g/mol. The first-order chi connectivity index (χ1) is 52.4. The van der Waals surface area contributed by atoms with Crippen molar-refractivity contribution in [2.45, 2.75) is 445 Å². The Morgan fingerprint density at radius 1 is 0.224 bits per heavy atom. The predicted molar refractivity (Wildman–Crippen MR) is 445 cm³/mol. The van der Waals surface area contributed by atoms with Crippen LogP contribution in [0.2, 0.25) is 0 Å². The van der Waals surface area contributed by atoms with E-state index in [0.717, 1.165) is 77.3 Å². The molecule has 1 rings (SSSR count). The van der Waals surface area contributed by atoms with E-state index in [2.05, 4.69) is 61.1 Å². The van der Waals surface area contributed by atoms with Crippen molar-refractivity contribution in [1.82, 2.24) is 19.6 Å². The lowest BCUT2D eigenvalue weighted by Crippen LogP contribution is -2.57. The molecule has 630 valence electrons. The summed E-state index contributed by atoms with van der Waals surface area (Å²) in [6.45, 7) is 22.1. The number of ether oxygens (including phenoxy) is 6.